The molecule has 0 saturated carbocycles. The molecule has 20 heavy (non-hydrogen) atoms. The van der Waals surface area contributed by atoms with E-state index < -0.39 is 0 Å². The van der Waals surface area contributed by atoms with Gasteiger partial charge in [0.05, 0.1) is 0 Å². The fourth-order valence-corrected chi connectivity index (χ4v) is 3.45. The topological polar surface area (TPSA) is 35.6 Å². The highest BCUT2D eigenvalue weighted by Gasteiger charge is 2.24. The number of urea groups is 1. The lowest BCUT2D eigenvalue weighted by atomic mass is 9.97. The first-order valence-electron chi connectivity index (χ1n) is 8.33. The summed E-state index contributed by atoms with van der Waals surface area (Å²) in [6.45, 7) is 11.8. The van der Waals surface area contributed by atoms with Gasteiger partial charge in [-0.25, -0.2) is 4.79 Å². The number of rotatable bonds is 3. The molecule has 2 amide bonds. The number of likely N-dealkylation sites (tertiary alicyclic amines) is 2. The first-order chi connectivity index (χ1) is 9.56. The Morgan fingerprint density at radius 2 is 1.95 bits per heavy atom. The maximum atomic E-state index is 12.2. The first-order valence-corrected chi connectivity index (χ1v) is 8.33. The average Bonchev–Trinajstić information content (AvgIpc) is 2.45. The molecule has 4 nitrogen and oxygen atoms in total. The number of carbonyl (C=O) groups is 1. The molecule has 0 unspecified atom stereocenters. The predicted molar refractivity (Wildman–Crippen MR) is 82.8 cm³/mol. The highest BCUT2D eigenvalue weighted by atomic mass is 16.2. The van der Waals surface area contributed by atoms with Gasteiger partial charge in [0.2, 0.25) is 0 Å². The molecule has 2 aliphatic heterocycles. The quantitative estimate of drug-likeness (QED) is 0.863. The van der Waals surface area contributed by atoms with Gasteiger partial charge in [-0.2, -0.15) is 0 Å². The average molecular weight is 281 g/mol. The van der Waals surface area contributed by atoms with Gasteiger partial charge in [-0.3, -0.25) is 0 Å². The van der Waals surface area contributed by atoms with E-state index in [9.17, 15) is 4.79 Å². The van der Waals surface area contributed by atoms with Gasteiger partial charge in [-0.1, -0.05) is 6.92 Å². The number of nitrogens with one attached hydrogen (secondary N) is 1. The van der Waals surface area contributed by atoms with Crippen LogP contribution in [0.4, 0.5) is 4.79 Å². The van der Waals surface area contributed by atoms with E-state index in [0.717, 1.165) is 32.6 Å². The third-order valence-electron chi connectivity index (χ3n) is 4.77. The monoisotopic (exact) mass is 281 g/mol. The van der Waals surface area contributed by atoms with Crippen molar-refractivity contribution in [2.24, 2.45) is 11.8 Å². The lowest BCUT2D eigenvalue weighted by molar-refractivity contribution is 0.134. The van der Waals surface area contributed by atoms with Gasteiger partial charge in [0.15, 0.2) is 0 Å². The maximum Gasteiger partial charge on any atom is 0.317 e. The van der Waals surface area contributed by atoms with E-state index in [1.165, 1.54) is 25.8 Å². The molecule has 2 saturated heterocycles. The number of hydrogen-bond donors (Lipinski definition) is 1. The highest BCUT2D eigenvalue weighted by molar-refractivity contribution is 5.74. The van der Waals surface area contributed by atoms with Crippen molar-refractivity contribution in [2.75, 3.05) is 32.7 Å². The fraction of sp³-hybridized carbons (Fsp3) is 0.938. The Labute approximate surface area is 123 Å². The van der Waals surface area contributed by atoms with Gasteiger partial charge >= 0.3 is 6.03 Å². The lowest BCUT2D eigenvalue weighted by Crippen LogP contribution is -2.48. The van der Waals surface area contributed by atoms with Gasteiger partial charge in [0.25, 0.3) is 0 Å². The van der Waals surface area contributed by atoms with Crippen molar-refractivity contribution in [1.82, 2.24) is 15.1 Å². The summed E-state index contributed by atoms with van der Waals surface area (Å²) in [7, 11) is 0. The summed E-state index contributed by atoms with van der Waals surface area (Å²) in [5.41, 5.74) is 0. The number of amides is 2. The van der Waals surface area contributed by atoms with Crippen molar-refractivity contribution >= 4 is 6.03 Å². The van der Waals surface area contributed by atoms with Crippen molar-refractivity contribution in [3.05, 3.63) is 0 Å². The minimum Gasteiger partial charge on any atom is -0.338 e. The van der Waals surface area contributed by atoms with Crippen LogP contribution in [0, 0.1) is 11.8 Å². The van der Waals surface area contributed by atoms with Crippen LogP contribution in [0.3, 0.4) is 0 Å². The van der Waals surface area contributed by atoms with Gasteiger partial charge < -0.3 is 15.1 Å². The fourth-order valence-electron chi connectivity index (χ4n) is 3.45. The Morgan fingerprint density at radius 3 is 2.65 bits per heavy atom. The van der Waals surface area contributed by atoms with E-state index in [2.05, 4.69) is 31.0 Å². The Balaban J connectivity index is 1.72. The van der Waals surface area contributed by atoms with Crippen molar-refractivity contribution in [3.63, 3.8) is 0 Å². The summed E-state index contributed by atoms with van der Waals surface area (Å²) in [4.78, 5) is 16.7. The minimum atomic E-state index is 0.151. The highest BCUT2D eigenvalue weighted by Crippen LogP contribution is 2.18. The predicted octanol–water partition coefficient (Wildman–Crippen LogP) is 2.55. The Hall–Kier alpha value is -0.770. The van der Waals surface area contributed by atoms with Gasteiger partial charge in [-0.05, 0) is 57.9 Å². The molecule has 116 valence electrons. The molecular formula is C16H31N3O. The molecule has 2 atom stereocenters. The van der Waals surface area contributed by atoms with Gasteiger partial charge in [0, 0.05) is 32.2 Å². The van der Waals surface area contributed by atoms with E-state index in [0.29, 0.717) is 17.9 Å². The van der Waals surface area contributed by atoms with E-state index >= 15 is 0 Å². The van der Waals surface area contributed by atoms with Crippen LogP contribution >= 0.6 is 0 Å². The Bertz CT molecular complexity index is 319. The number of carbonyl (C=O) groups excluding carboxylic acids is 1. The zero-order valence-corrected chi connectivity index (χ0v) is 13.4. The zero-order valence-electron chi connectivity index (χ0n) is 13.4. The third-order valence-corrected chi connectivity index (χ3v) is 4.77. The second-order valence-electron chi connectivity index (χ2n) is 6.98. The number of piperidine rings is 2. The summed E-state index contributed by atoms with van der Waals surface area (Å²) in [6, 6.07) is 0.773. The normalized spacial score (nSPS) is 28.7. The SMILES string of the molecule is CC(C)N1CCC[C@@H](CNC(=O)N2CCC[C@@H](C)C2)C1. The van der Waals surface area contributed by atoms with Crippen LogP contribution in [0.15, 0.2) is 0 Å². The van der Waals surface area contributed by atoms with Crippen molar-refractivity contribution < 1.29 is 4.79 Å². The largest absolute Gasteiger partial charge is 0.338 e. The molecule has 0 aromatic heterocycles. The summed E-state index contributed by atoms with van der Waals surface area (Å²) in [5.74, 6) is 1.28. The molecular weight excluding hydrogens is 250 g/mol. The van der Waals surface area contributed by atoms with E-state index in [1.807, 2.05) is 4.90 Å². The van der Waals surface area contributed by atoms with Crippen LogP contribution in [0.1, 0.15) is 46.5 Å². The Morgan fingerprint density at radius 1 is 1.20 bits per heavy atom. The number of hydrogen-bond acceptors (Lipinski definition) is 2. The summed E-state index contributed by atoms with van der Waals surface area (Å²) >= 11 is 0. The van der Waals surface area contributed by atoms with Crippen molar-refractivity contribution in [3.8, 4) is 0 Å². The minimum absolute atomic E-state index is 0.151. The zero-order chi connectivity index (χ0) is 14.5. The van der Waals surface area contributed by atoms with Crippen molar-refractivity contribution in [1.29, 1.82) is 0 Å². The molecule has 0 aromatic carbocycles. The van der Waals surface area contributed by atoms with Crippen LogP contribution in [0.2, 0.25) is 0 Å². The van der Waals surface area contributed by atoms with Crippen LogP contribution in [-0.4, -0.2) is 54.6 Å². The van der Waals surface area contributed by atoms with E-state index in [4.69, 9.17) is 0 Å². The maximum absolute atomic E-state index is 12.2. The first kappa shape index (κ1) is 15.6. The molecule has 0 radical (unpaired) electrons. The molecule has 0 aromatic rings. The molecule has 2 rings (SSSR count). The molecule has 0 bridgehead atoms. The Kier molecular flexibility index (Phi) is 5.70. The van der Waals surface area contributed by atoms with Crippen LogP contribution in [0.25, 0.3) is 0 Å². The van der Waals surface area contributed by atoms with Gasteiger partial charge in [0.1, 0.15) is 0 Å². The van der Waals surface area contributed by atoms with Crippen LogP contribution in [-0.2, 0) is 0 Å². The summed E-state index contributed by atoms with van der Waals surface area (Å²) in [5, 5.41) is 3.16. The molecule has 1 N–H and O–H groups in total. The van der Waals surface area contributed by atoms with Crippen LogP contribution < -0.4 is 5.32 Å². The second kappa shape index (κ2) is 7.30. The van der Waals surface area contributed by atoms with E-state index in [1.54, 1.807) is 0 Å². The summed E-state index contributed by atoms with van der Waals surface area (Å²) < 4.78 is 0. The lowest BCUT2D eigenvalue weighted by Gasteiger charge is -2.36. The molecule has 2 heterocycles. The molecule has 2 aliphatic rings. The van der Waals surface area contributed by atoms with Crippen molar-refractivity contribution in [2.45, 2.75) is 52.5 Å². The molecule has 0 aliphatic carbocycles. The third kappa shape index (κ3) is 4.37. The standard InChI is InChI=1S/C16H31N3O/c1-13(2)18-8-5-7-15(12-18)10-17-16(20)19-9-4-6-14(3)11-19/h13-15H,4-12H2,1-3H3,(H,17,20)/t14-,15+/m1/s1. The van der Waals surface area contributed by atoms with Crippen LogP contribution in [0.5, 0.6) is 0 Å². The number of nitrogens with zero attached hydrogens (tertiary/aromatic N) is 2. The smallest absolute Gasteiger partial charge is 0.317 e. The molecule has 0 spiro atoms. The molecule has 2 fully saturated rings. The second-order valence-corrected chi connectivity index (χ2v) is 6.98. The summed E-state index contributed by atoms with van der Waals surface area (Å²) in [6.07, 6.45) is 4.92. The van der Waals surface area contributed by atoms with Gasteiger partial charge in [-0.15, -0.1) is 0 Å². The molecule has 4 heteroatoms. The van der Waals surface area contributed by atoms with E-state index in [-0.39, 0.29) is 6.03 Å².